The Morgan fingerprint density at radius 2 is 0.697 bits per heavy atom. The number of anilines is 3. The van der Waals surface area contributed by atoms with E-state index < -0.39 is 10.8 Å². The third kappa shape index (κ3) is 5.25. The van der Waals surface area contributed by atoms with Crippen LogP contribution in [0.15, 0.2) is 279 Å². The first kappa shape index (κ1) is 41.7. The zero-order valence-corrected chi connectivity index (χ0v) is 41.5. The summed E-state index contributed by atoms with van der Waals surface area (Å²) in [6.07, 6.45) is 0. The average molecular weight is 963 g/mol. The Labute approximate surface area is 441 Å². The van der Waals surface area contributed by atoms with E-state index in [0.29, 0.717) is 0 Å². The highest BCUT2D eigenvalue weighted by atomic mass is 15.1. The van der Waals surface area contributed by atoms with Crippen LogP contribution in [0.1, 0.15) is 44.5 Å². The average Bonchev–Trinajstić information content (AvgIpc) is 4.39. The molecule has 2 spiro atoms. The second kappa shape index (κ2) is 15.4. The molecule has 0 N–H and O–H groups in total. The van der Waals surface area contributed by atoms with Gasteiger partial charge in [-0.25, -0.2) is 0 Å². The van der Waals surface area contributed by atoms with Crippen LogP contribution in [0.4, 0.5) is 17.1 Å². The Hall–Kier alpha value is -9.76. The van der Waals surface area contributed by atoms with Gasteiger partial charge >= 0.3 is 0 Å². The molecule has 17 rings (SSSR count). The summed E-state index contributed by atoms with van der Waals surface area (Å²) in [4.78, 5) is 2.59. The molecule has 0 radical (unpaired) electrons. The first-order chi connectivity index (χ1) is 37.7. The van der Waals surface area contributed by atoms with Gasteiger partial charge in [0, 0.05) is 27.7 Å². The predicted molar refractivity (Wildman–Crippen MR) is 313 cm³/mol. The number of rotatable bonds is 5. The molecule has 0 fully saturated rings. The smallest absolute Gasteiger partial charge is 0.0755 e. The number of benzene rings is 12. The van der Waals surface area contributed by atoms with E-state index in [1.165, 1.54) is 117 Å². The first-order valence-electron chi connectivity index (χ1n) is 26.6. The number of hydrogen-bond acceptors (Lipinski definition) is 1. The van der Waals surface area contributed by atoms with Crippen molar-refractivity contribution in [2.45, 2.75) is 10.8 Å². The number of fused-ring (bicyclic) bond motifs is 22. The van der Waals surface area contributed by atoms with E-state index >= 15 is 0 Å². The minimum absolute atomic E-state index is 0.512. The van der Waals surface area contributed by atoms with Crippen LogP contribution in [0.3, 0.4) is 0 Å². The third-order valence-electron chi connectivity index (χ3n) is 17.6. The standard InChI is InChI=1S/C74H46N2/c1-2-20-47(21-3-1)48-38-40-49(41-39-48)52-22-9-17-35-69(52)75(50-42-43-58-57-27-8-13-31-63(57)73(67(58)45-50)61-29-11-4-23-53(61)54-24-5-12-30-62(54)73)51-44-60-59-28-10-18-36-70(59)76-71-37-19-16-34-66(71)74(68(46-51)72(60)76)64-32-14-6-25-55(64)56-26-7-15-33-65(56)74/h1-46H. The molecule has 0 amide bonds. The van der Waals surface area contributed by atoms with E-state index in [0.717, 1.165) is 28.2 Å². The molecule has 2 heteroatoms. The van der Waals surface area contributed by atoms with Gasteiger partial charge in [0.1, 0.15) is 0 Å². The van der Waals surface area contributed by atoms with Gasteiger partial charge in [-0.05, 0) is 137 Å². The van der Waals surface area contributed by atoms with Crippen LogP contribution < -0.4 is 4.90 Å². The summed E-state index contributed by atoms with van der Waals surface area (Å²) in [6, 6.07) is 105. The van der Waals surface area contributed by atoms with Crippen LogP contribution >= 0.6 is 0 Å². The minimum atomic E-state index is -0.609. The summed E-state index contributed by atoms with van der Waals surface area (Å²) < 4.78 is 2.56. The highest BCUT2D eigenvalue weighted by Crippen LogP contribution is 2.65. The van der Waals surface area contributed by atoms with Crippen molar-refractivity contribution < 1.29 is 0 Å². The zero-order valence-electron chi connectivity index (χ0n) is 41.5. The Kier molecular flexibility index (Phi) is 8.44. The predicted octanol–water partition coefficient (Wildman–Crippen LogP) is 18.6. The molecule has 0 unspecified atom stereocenters. The van der Waals surface area contributed by atoms with Crippen molar-refractivity contribution in [3.05, 3.63) is 324 Å². The normalized spacial score (nSPS) is 14.0. The van der Waals surface area contributed by atoms with E-state index in [1.54, 1.807) is 0 Å². The summed E-state index contributed by atoms with van der Waals surface area (Å²) in [5.41, 5.74) is 28.9. The van der Waals surface area contributed by atoms with Crippen molar-refractivity contribution in [2.75, 3.05) is 4.90 Å². The molecule has 352 valence electrons. The van der Waals surface area contributed by atoms with Crippen molar-refractivity contribution in [2.24, 2.45) is 0 Å². The third-order valence-corrected chi connectivity index (χ3v) is 17.6. The van der Waals surface area contributed by atoms with Gasteiger partial charge in [-0.3, -0.25) is 0 Å². The fourth-order valence-corrected chi connectivity index (χ4v) is 14.7. The van der Waals surface area contributed by atoms with E-state index in [4.69, 9.17) is 0 Å². The lowest BCUT2D eigenvalue weighted by Gasteiger charge is -2.40. The topological polar surface area (TPSA) is 8.17 Å². The van der Waals surface area contributed by atoms with Crippen molar-refractivity contribution in [1.29, 1.82) is 0 Å². The number of aromatic nitrogens is 1. The summed E-state index contributed by atoms with van der Waals surface area (Å²) in [6.45, 7) is 0. The van der Waals surface area contributed by atoms with Gasteiger partial charge in [-0.15, -0.1) is 0 Å². The maximum Gasteiger partial charge on any atom is 0.0755 e. The van der Waals surface area contributed by atoms with E-state index in [1.807, 2.05) is 0 Å². The summed E-state index contributed by atoms with van der Waals surface area (Å²) in [5.74, 6) is 0. The van der Waals surface area contributed by atoms with Crippen LogP contribution in [0, 0.1) is 0 Å². The van der Waals surface area contributed by atoms with Gasteiger partial charge in [0.2, 0.25) is 0 Å². The minimum Gasteiger partial charge on any atom is -0.310 e. The molecule has 12 aromatic carbocycles. The van der Waals surface area contributed by atoms with Crippen LogP contribution in [0.2, 0.25) is 0 Å². The lowest BCUT2D eigenvalue weighted by molar-refractivity contribution is 0.748. The van der Waals surface area contributed by atoms with E-state index in [2.05, 4.69) is 289 Å². The summed E-state index contributed by atoms with van der Waals surface area (Å²) >= 11 is 0. The monoisotopic (exact) mass is 962 g/mol. The molecule has 0 saturated carbocycles. The van der Waals surface area contributed by atoms with Crippen LogP contribution in [-0.4, -0.2) is 4.57 Å². The fraction of sp³-hybridized carbons (Fsp3) is 0.0270. The first-order valence-corrected chi connectivity index (χ1v) is 26.6. The number of nitrogens with zero attached hydrogens (tertiary/aromatic N) is 2. The van der Waals surface area contributed by atoms with E-state index in [9.17, 15) is 0 Å². The molecule has 2 nitrogen and oxygen atoms in total. The van der Waals surface area contributed by atoms with Crippen LogP contribution in [0.25, 0.3) is 83.1 Å². The van der Waals surface area contributed by atoms with Crippen molar-refractivity contribution in [1.82, 2.24) is 4.57 Å². The van der Waals surface area contributed by atoms with Crippen molar-refractivity contribution in [3.63, 3.8) is 0 Å². The SMILES string of the molecule is c1ccc(-c2ccc(-c3ccccc3N(c3ccc4c(c3)C3(c5ccccc5-c5ccccc53)c3ccccc3-4)c3cc4c5c(c3)c3ccccc3n5-c3ccccc3C43c4ccccc4-c4ccccc43)cc2)cc1. The van der Waals surface area contributed by atoms with Gasteiger partial charge in [0.05, 0.1) is 33.2 Å². The fourth-order valence-electron chi connectivity index (χ4n) is 14.7. The molecular weight excluding hydrogens is 917 g/mol. The van der Waals surface area contributed by atoms with Crippen molar-refractivity contribution in [3.8, 4) is 61.3 Å². The summed E-state index contributed by atoms with van der Waals surface area (Å²) in [7, 11) is 0. The highest BCUT2D eigenvalue weighted by Gasteiger charge is 2.53. The lowest BCUT2D eigenvalue weighted by atomic mass is 9.65. The van der Waals surface area contributed by atoms with Crippen LogP contribution in [-0.2, 0) is 10.8 Å². The quantitative estimate of drug-likeness (QED) is 0.167. The summed E-state index contributed by atoms with van der Waals surface area (Å²) in [5, 5.41) is 2.47. The molecule has 76 heavy (non-hydrogen) atoms. The molecule has 13 aromatic rings. The maximum absolute atomic E-state index is 2.59. The maximum atomic E-state index is 2.59. The molecule has 0 atom stereocenters. The molecular formula is C74H46N2. The van der Waals surface area contributed by atoms with Gasteiger partial charge in [-0.1, -0.05) is 237 Å². The molecule has 4 aliphatic rings. The zero-order chi connectivity index (χ0) is 49.7. The van der Waals surface area contributed by atoms with Crippen molar-refractivity contribution >= 4 is 38.9 Å². The highest BCUT2D eigenvalue weighted by molar-refractivity contribution is 6.14. The largest absolute Gasteiger partial charge is 0.310 e. The lowest BCUT2D eigenvalue weighted by Crippen LogP contribution is -2.33. The molecule has 2 heterocycles. The number of hydrogen-bond donors (Lipinski definition) is 0. The van der Waals surface area contributed by atoms with Gasteiger partial charge in [0.25, 0.3) is 0 Å². The molecule has 3 aliphatic carbocycles. The van der Waals surface area contributed by atoms with Crippen LogP contribution in [0.5, 0.6) is 0 Å². The van der Waals surface area contributed by atoms with Gasteiger partial charge in [-0.2, -0.15) is 0 Å². The van der Waals surface area contributed by atoms with E-state index in [-0.39, 0.29) is 0 Å². The second-order valence-electron chi connectivity index (χ2n) is 21.0. The Bertz CT molecular complexity index is 4480. The van der Waals surface area contributed by atoms with Gasteiger partial charge in [0.15, 0.2) is 0 Å². The number of para-hydroxylation sites is 3. The van der Waals surface area contributed by atoms with Gasteiger partial charge < -0.3 is 9.47 Å². The molecule has 0 bridgehead atoms. The Balaban J connectivity index is 0.995. The molecule has 1 aliphatic heterocycles. The second-order valence-corrected chi connectivity index (χ2v) is 21.0. The Morgan fingerprint density at radius 3 is 1.30 bits per heavy atom. The molecule has 1 aromatic heterocycles. The Morgan fingerprint density at radius 1 is 0.263 bits per heavy atom. The molecule has 0 saturated heterocycles.